The fourth-order valence-electron chi connectivity index (χ4n) is 1.63. The molecule has 0 aliphatic rings. The molecule has 2 rings (SSSR count). The highest BCUT2D eigenvalue weighted by Gasteiger charge is 2.16. The first-order valence-electron chi connectivity index (χ1n) is 5.97. The van der Waals surface area contributed by atoms with E-state index < -0.39 is 11.9 Å². The molecule has 0 fully saturated rings. The Balaban J connectivity index is 1.97. The standard InChI is InChI=1S/C14H12ClNO4S/c1-8-5-11(14(18)19)13(21-8)16-12(17)7-20-10-4-2-3-9(15)6-10/h2-6H,7H2,1H3,(H,16,17)(H,18,19). The number of anilines is 1. The Morgan fingerprint density at radius 1 is 1.38 bits per heavy atom. The zero-order chi connectivity index (χ0) is 15.4. The number of hydrogen-bond donors (Lipinski definition) is 2. The van der Waals surface area contributed by atoms with E-state index in [1.807, 2.05) is 0 Å². The lowest BCUT2D eigenvalue weighted by atomic mass is 10.3. The summed E-state index contributed by atoms with van der Waals surface area (Å²) in [4.78, 5) is 23.6. The average molecular weight is 326 g/mol. The number of aryl methyl sites for hydroxylation is 1. The van der Waals surface area contributed by atoms with Gasteiger partial charge in [-0.3, -0.25) is 4.79 Å². The SMILES string of the molecule is Cc1cc(C(=O)O)c(NC(=O)COc2cccc(Cl)c2)s1. The molecule has 0 spiro atoms. The van der Waals surface area contributed by atoms with Gasteiger partial charge in [0.1, 0.15) is 10.8 Å². The highest BCUT2D eigenvalue weighted by molar-refractivity contribution is 7.16. The zero-order valence-electron chi connectivity index (χ0n) is 11.1. The lowest BCUT2D eigenvalue weighted by Gasteiger charge is -2.07. The zero-order valence-corrected chi connectivity index (χ0v) is 12.6. The van der Waals surface area contributed by atoms with Crippen LogP contribution in [-0.2, 0) is 4.79 Å². The number of aromatic carboxylic acids is 1. The second kappa shape index (κ2) is 6.60. The molecule has 0 saturated carbocycles. The van der Waals surface area contributed by atoms with Crippen LogP contribution < -0.4 is 10.1 Å². The van der Waals surface area contributed by atoms with Gasteiger partial charge >= 0.3 is 5.97 Å². The summed E-state index contributed by atoms with van der Waals surface area (Å²) in [6, 6.07) is 8.19. The van der Waals surface area contributed by atoms with Gasteiger partial charge < -0.3 is 15.2 Å². The van der Waals surface area contributed by atoms with E-state index in [0.29, 0.717) is 15.8 Å². The quantitative estimate of drug-likeness (QED) is 0.883. The van der Waals surface area contributed by atoms with E-state index in [1.54, 1.807) is 31.2 Å². The Kier molecular flexibility index (Phi) is 4.82. The molecule has 0 unspecified atom stereocenters. The maximum absolute atomic E-state index is 11.8. The highest BCUT2D eigenvalue weighted by Crippen LogP contribution is 2.27. The molecular weight excluding hydrogens is 314 g/mol. The maximum Gasteiger partial charge on any atom is 0.338 e. The van der Waals surface area contributed by atoms with Crippen molar-refractivity contribution in [1.29, 1.82) is 0 Å². The van der Waals surface area contributed by atoms with Gasteiger partial charge in [-0.25, -0.2) is 4.79 Å². The first-order chi connectivity index (χ1) is 9.95. The van der Waals surface area contributed by atoms with Crippen LogP contribution in [0.2, 0.25) is 5.02 Å². The number of hydrogen-bond acceptors (Lipinski definition) is 4. The molecule has 0 aliphatic carbocycles. The van der Waals surface area contributed by atoms with E-state index in [2.05, 4.69) is 5.32 Å². The summed E-state index contributed by atoms with van der Waals surface area (Å²) in [5.41, 5.74) is 0.0774. The molecular formula is C14H12ClNO4S. The van der Waals surface area contributed by atoms with Crippen molar-refractivity contribution in [3.8, 4) is 5.75 Å². The van der Waals surface area contributed by atoms with E-state index in [1.165, 1.54) is 17.4 Å². The third-order valence-corrected chi connectivity index (χ3v) is 3.71. The molecule has 2 N–H and O–H groups in total. The first-order valence-corrected chi connectivity index (χ1v) is 7.17. The highest BCUT2D eigenvalue weighted by atomic mass is 35.5. The topological polar surface area (TPSA) is 75.6 Å². The van der Waals surface area contributed by atoms with Crippen LogP contribution in [0.4, 0.5) is 5.00 Å². The molecule has 21 heavy (non-hydrogen) atoms. The van der Waals surface area contributed by atoms with Gasteiger partial charge in [-0.1, -0.05) is 17.7 Å². The number of benzene rings is 1. The number of nitrogens with one attached hydrogen (secondary N) is 1. The van der Waals surface area contributed by atoms with Crippen LogP contribution in [-0.4, -0.2) is 23.6 Å². The van der Waals surface area contributed by atoms with E-state index in [-0.39, 0.29) is 12.2 Å². The number of halogens is 1. The van der Waals surface area contributed by atoms with Crippen molar-refractivity contribution in [3.63, 3.8) is 0 Å². The molecule has 1 aromatic carbocycles. The number of ether oxygens (including phenoxy) is 1. The summed E-state index contributed by atoms with van der Waals surface area (Å²) in [5, 5.41) is 12.4. The van der Waals surface area contributed by atoms with Crippen molar-refractivity contribution in [2.45, 2.75) is 6.92 Å². The van der Waals surface area contributed by atoms with E-state index in [0.717, 1.165) is 4.88 Å². The Bertz CT molecular complexity index is 683. The largest absolute Gasteiger partial charge is 0.484 e. The van der Waals surface area contributed by atoms with Gasteiger partial charge in [-0.05, 0) is 31.2 Å². The molecule has 7 heteroatoms. The summed E-state index contributed by atoms with van der Waals surface area (Å²) < 4.78 is 5.29. The second-order valence-electron chi connectivity index (χ2n) is 4.20. The van der Waals surface area contributed by atoms with Gasteiger partial charge in [0.15, 0.2) is 6.61 Å². The minimum Gasteiger partial charge on any atom is -0.484 e. The Labute approximate surface area is 130 Å². The van der Waals surface area contributed by atoms with E-state index in [4.69, 9.17) is 21.4 Å². The first kappa shape index (κ1) is 15.3. The number of carboxylic acids is 1. The number of carboxylic acid groups (broad SMARTS) is 1. The smallest absolute Gasteiger partial charge is 0.338 e. The molecule has 0 bridgehead atoms. The molecule has 2 aromatic rings. The number of rotatable bonds is 5. The Hall–Kier alpha value is -2.05. The van der Waals surface area contributed by atoms with Gasteiger partial charge in [0.05, 0.1) is 5.56 Å². The monoisotopic (exact) mass is 325 g/mol. The third kappa shape index (κ3) is 4.21. The van der Waals surface area contributed by atoms with E-state index in [9.17, 15) is 9.59 Å². The van der Waals surface area contributed by atoms with Crippen molar-refractivity contribution in [1.82, 2.24) is 0 Å². The number of thiophene rings is 1. The van der Waals surface area contributed by atoms with E-state index >= 15 is 0 Å². The summed E-state index contributed by atoms with van der Waals surface area (Å²) in [6.45, 7) is 1.55. The predicted octanol–water partition coefficient (Wildman–Crippen LogP) is 3.43. The summed E-state index contributed by atoms with van der Waals surface area (Å²) in [7, 11) is 0. The molecule has 1 heterocycles. The number of carbonyl (C=O) groups is 2. The average Bonchev–Trinajstić information content (AvgIpc) is 2.77. The van der Waals surface area contributed by atoms with Crippen molar-refractivity contribution >= 4 is 39.8 Å². The maximum atomic E-state index is 11.8. The third-order valence-electron chi connectivity index (χ3n) is 2.50. The normalized spacial score (nSPS) is 10.2. The van der Waals surface area contributed by atoms with Gasteiger partial charge in [0.25, 0.3) is 5.91 Å². The van der Waals surface area contributed by atoms with Crippen LogP contribution in [0.15, 0.2) is 30.3 Å². The molecule has 1 aromatic heterocycles. The van der Waals surface area contributed by atoms with Crippen molar-refractivity contribution < 1.29 is 19.4 Å². The fourth-order valence-corrected chi connectivity index (χ4v) is 2.73. The summed E-state index contributed by atoms with van der Waals surface area (Å²) in [6.07, 6.45) is 0. The second-order valence-corrected chi connectivity index (χ2v) is 5.89. The van der Waals surface area contributed by atoms with Gasteiger partial charge in [0, 0.05) is 9.90 Å². The Morgan fingerprint density at radius 3 is 2.81 bits per heavy atom. The van der Waals surface area contributed by atoms with Crippen LogP contribution >= 0.6 is 22.9 Å². The minimum absolute atomic E-state index is 0.0774. The summed E-state index contributed by atoms with van der Waals surface area (Å²) >= 11 is 7.01. The van der Waals surface area contributed by atoms with Crippen LogP contribution in [0, 0.1) is 6.92 Å². The van der Waals surface area contributed by atoms with Crippen LogP contribution in [0.5, 0.6) is 5.75 Å². The van der Waals surface area contributed by atoms with Gasteiger partial charge in [0.2, 0.25) is 0 Å². The van der Waals surface area contributed by atoms with Crippen molar-refractivity contribution in [2.24, 2.45) is 0 Å². The summed E-state index contributed by atoms with van der Waals surface area (Å²) in [5.74, 6) is -1.04. The van der Waals surface area contributed by atoms with Crippen molar-refractivity contribution in [3.05, 3.63) is 45.8 Å². The number of carbonyl (C=O) groups excluding carboxylic acids is 1. The van der Waals surface area contributed by atoms with Gasteiger partial charge in [-0.2, -0.15) is 0 Å². The molecule has 0 atom stereocenters. The number of amides is 1. The fraction of sp³-hybridized carbons (Fsp3) is 0.143. The van der Waals surface area contributed by atoms with Crippen molar-refractivity contribution in [2.75, 3.05) is 11.9 Å². The molecule has 1 amide bonds. The molecule has 110 valence electrons. The minimum atomic E-state index is -1.08. The van der Waals surface area contributed by atoms with Crippen LogP contribution in [0.3, 0.4) is 0 Å². The Morgan fingerprint density at radius 2 is 2.14 bits per heavy atom. The lowest BCUT2D eigenvalue weighted by molar-refractivity contribution is -0.118. The molecule has 0 radical (unpaired) electrons. The van der Waals surface area contributed by atoms with Crippen LogP contribution in [0.25, 0.3) is 0 Å². The molecule has 0 saturated heterocycles. The predicted molar refractivity (Wildman–Crippen MR) is 81.6 cm³/mol. The molecule has 0 aliphatic heterocycles. The lowest BCUT2D eigenvalue weighted by Crippen LogP contribution is -2.20. The van der Waals surface area contributed by atoms with Crippen LogP contribution in [0.1, 0.15) is 15.2 Å². The van der Waals surface area contributed by atoms with Gasteiger partial charge in [-0.15, -0.1) is 11.3 Å². The molecule has 5 nitrogen and oxygen atoms in total.